The third kappa shape index (κ3) is 2.02. The smallest absolute Gasteiger partial charge is 0.139 e. The van der Waals surface area contributed by atoms with E-state index in [0.717, 1.165) is 50.0 Å². The quantitative estimate of drug-likeness (QED) is 0.741. The second kappa shape index (κ2) is 5.25. The van der Waals surface area contributed by atoms with E-state index in [9.17, 15) is 4.79 Å². The minimum absolute atomic E-state index is 0.00744. The van der Waals surface area contributed by atoms with E-state index in [0.29, 0.717) is 11.7 Å². The fourth-order valence-corrected chi connectivity index (χ4v) is 6.00. The van der Waals surface area contributed by atoms with Gasteiger partial charge in [0.05, 0.1) is 12.4 Å². The molecule has 4 rings (SSSR count). The predicted octanol–water partition coefficient (Wildman–Crippen LogP) is 4.66. The van der Waals surface area contributed by atoms with Crippen molar-refractivity contribution in [3.63, 3.8) is 0 Å². The maximum absolute atomic E-state index is 12.4. The van der Waals surface area contributed by atoms with E-state index in [-0.39, 0.29) is 5.41 Å². The lowest BCUT2D eigenvalue weighted by atomic mass is 9.53. The maximum atomic E-state index is 12.4. The Balaban J connectivity index is 1.61. The monoisotopic (exact) mass is 300 g/mol. The van der Waals surface area contributed by atoms with E-state index in [4.69, 9.17) is 4.74 Å². The van der Waals surface area contributed by atoms with Crippen LogP contribution >= 0.6 is 0 Å². The third-order valence-corrected chi connectivity index (χ3v) is 7.13. The number of hydrogen-bond acceptors (Lipinski definition) is 2. The van der Waals surface area contributed by atoms with Crippen LogP contribution in [-0.4, -0.2) is 12.4 Å². The SMILES string of the molecule is CCOC1=CC2=CC[C@@H]3C(CC[C@]4(C)C(=O)CCC34)[C@H]2CC1. The number of rotatable bonds is 2. The summed E-state index contributed by atoms with van der Waals surface area (Å²) in [6.45, 7) is 5.10. The molecule has 0 aliphatic heterocycles. The van der Waals surface area contributed by atoms with E-state index in [2.05, 4.69) is 26.0 Å². The molecule has 2 fully saturated rings. The molecule has 0 aromatic carbocycles. The molecule has 0 bridgehead atoms. The molecule has 2 nitrogen and oxygen atoms in total. The molecule has 0 heterocycles. The average Bonchev–Trinajstić information content (AvgIpc) is 2.83. The van der Waals surface area contributed by atoms with Crippen LogP contribution in [0.5, 0.6) is 0 Å². The van der Waals surface area contributed by atoms with Gasteiger partial charge in [-0.25, -0.2) is 0 Å². The molecule has 4 aliphatic rings. The molecule has 0 aromatic heterocycles. The highest BCUT2D eigenvalue weighted by Crippen LogP contribution is 2.59. The first-order valence-electron chi connectivity index (χ1n) is 9.20. The highest BCUT2D eigenvalue weighted by atomic mass is 16.5. The zero-order chi connectivity index (χ0) is 15.3. The molecular weight excluding hydrogens is 272 g/mol. The first-order valence-corrected chi connectivity index (χ1v) is 9.20. The van der Waals surface area contributed by atoms with Gasteiger partial charge < -0.3 is 4.74 Å². The molecular formula is C20H28O2. The number of ketones is 1. The van der Waals surface area contributed by atoms with Crippen molar-refractivity contribution in [3.8, 4) is 0 Å². The van der Waals surface area contributed by atoms with E-state index < -0.39 is 0 Å². The van der Waals surface area contributed by atoms with Gasteiger partial charge in [0, 0.05) is 18.3 Å². The van der Waals surface area contributed by atoms with Crippen LogP contribution in [-0.2, 0) is 9.53 Å². The normalized spacial score (nSPS) is 43.6. The van der Waals surface area contributed by atoms with Gasteiger partial charge in [-0.3, -0.25) is 4.79 Å². The van der Waals surface area contributed by atoms with E-state index in [1.165, 1.54) is 30.6 Å². The Morgan fingerprint density at radius 1 is 1.23 bits per heavy atom. The summed E-state index contributed by atoms with van der Waals surface area (Å²) >= 11 is 0. The van der Waals surface area contributed by atoms with Gasteiger partial charge in [-0.2, -0.15) is 0 Å². The number of fused-ring (bicyclic) bond motifs is 5. The Hall–Kier alpha value is -1.05. The highest BCUT2D eigenvalue weighted by Gasteiger charge is 2.55. The van der Waals surface area contributed by atoms with Gasteiger partial charge in [0.25, 0.3) is 0 Å². The maximum Gasteiger partial charge on any atom is 0.139 e. The van der Waals surface area contributed by atoms with Crippen LogP contribution in [0.2, 0.25) is 0 Å². The second-order valence-electron chi connectivity index (χ2n) is 7.98. The first-order chi connectivity index (χ1) is 10.6. The van der Waals surface area contributed by atoms with Crippen molar-refractivity contribution in [1.29, 1.82) is 0 Å². The summed E-state index contributed by atoms with van der Waals surface area (Å²) < 4.78 is 5.74. The van der Waals surface area contributed by atoms with Crippen molar-refractivity contribution in [2.45, 2.75) is 58.8 Å². The molecule has 2 saturated carbocycles. The van der Waals surface area contributed by atoms with Gasteiger partial charge in [-0.1, -0.05) is 13.0 Å². The Bertz CT molecular complexity index is 544. The van der Waals surface area contributed by atoms with Crippen molar-refractivity contribution in [2.24, 2.45) is 29.1 Å². The molecule has 5 atom stereocenters. The van der Waals surface area contributed by atoms with Crippen LogP contribution in [0.3, 0.4) is 0 Å². The largest absolute Gasteiger partial charge is 0.498 e. The molecule has 0 saturated heterocycles. The van der Waals surface area contributed by atoms with Crippen LogP contribution < -0.4 is 0 Å². The molecule has 120 valence electrons. The topological polar surface area (TPSA) is 26.3 Å². The van der Waals surface area contributed by atoms with E-state index in [1.54, 1.807) is 0 Å². The van der Waals surface area contributed by atoms with Crippen LogP contribution in [0.4, 0.5) is 0 Å². The lowest BCUT2D eigenvalue weighted by Gasteiger charge is -2.50. The van der Waals surface area contributed by atoms with Crippen molar-refractivity contribution in [2.75, 3.05) is 6.61 Å². The summed E-state index contributed by atoms with van der Waals surface area (Å²) in [6.07, 6.45) is 12.7. The van der Waals surface area contributed by atoms with Crippen molar-refractivity contribution in [3.05, 3.63) is 23.5 Å². The molecule has 0 aromatic rings. The lowest BCUT2D eigenvalue weighted by molar-refractivity contribution is -0.130. The number of allylic oxidation sites excluding steroid dienone is 4. The van der Waals surface area contributed by atoms with Crippen LogP contribution in [0.25, 0.3) is 0 Å². The molecule has 4 aliphatic carbocycles. The molecule has 2 unspecified atom stereocenters. The summed E-state index contributed by atoms with van der Waals surface area (Å²) in [7, 11) is 0. The summed E-state index contributed by atoms with van der Waals surface area (Å²) in [5.74, 6) is 4.66. The summed E-state index contributed by atoms with van der Waals surface area (Å²) in [5.41, 5.74) is 1.54. The summed E-state index contributed by atoms with van der Waals surface area (Å²) in [5, 5.41) is 0. The molecule has 22 heavy (non-hydrogen) atoms. The van der Waals surface area contributed by atoms with Gasteiger partial charge >= 0.3 is 0 Å². The Morgan fingerprint density at radius 2 is 2.09 bits per heavy atom. The van der Waals surface area contributed by atoms with Crippen LogP contribution in [0.1, 0.15) is 58.8 Å². The Labute approximate surface area is 134 Å². The zero-order valence-electron chi connectivity index (χ0n) is 13.9. The van der Waals surface area contributed by atoms with Crippen molar-refractivity contribution in [1.82, 2.24) is 0 Å². The Morgan fingerprint density at radius 3 is 2.91 bits per heavy atom. The third-order valence-electron chi connectivity index (χ3n) is 7.13. The molecule has 0 amide bonds. The highest BCUT2D eigenvalue weighted by molar-refractivity contribution is 5.87. The molecule has 2 heteroatoms. The van der Waals surface area contributed by atoms with E-state index in [1.807, 2.05) is 0 Å². The number of hydrogen-bond donors (Lipinski definition) is 0. The molecule has 0 spiro atoms. The standard InChI is InChI=1S/C20H28O2/c1-3-22-14-5-7-15-13(12-14)4-6-17-16(15)10-11-20(2)18(17)8-9-19(20)21/h4,12,15-18H,3,5-11H2,1-2H3/t15-,16?,17+,18?,20-/m0/s1. The van der Waals surface area contributed by atoms with Gasteiger partial charge in [-0.15, -0.1) is 0 Å². The fraction of sp³-hybridized carbons (Fsp3) is 0.750. The minimum atomic E-state index is 0.00744. The Kier molecular flexibility index (Phi) is 3.47. The molecule has 0 radical (unpaired) electrons. The average molecular weight is 300 g/mol. The van der Waals surface area contributed by atoms with Gasteiger partial charge in [0.2, 0.25) is 0 Å². The van der Waals surface area contributed by atoms with E-state index >= 15 is 0 Å². The van der Waals surface area contributed by atoms with Gasteiger partial charge in [-0.05, 0) is 74.3 Å². The van der Waals surface area contributed by atoms with Crippen LogP contribution in [0.15, 0.2) is 23.5 Å². The van der Waals surface area contributed by atoms with Crippen molar-refractivity contribution < 1.29 is 9.53 Å². The van der Waals surface area contributed by atoms with Crippen LogP contribution in [0, 0.1) is 29.1 Å². The number of Topliss-reactive ketones (excluding diaryl/α,β-unsaturated/α-hetero) is 1. The second-order valence-corrected chi connectivity index (χ2v) is 7.98. The van der Waals surface area contributed by atoms with Crippen molar-refractivity contribution >= 4 is 5.78 Å². The lowest BCUT2D eigenvalue weighted by Crippen LogP contribution is -2.45. The fourth-order valence-electron chi connectivity index (χ4n) is 6.00. The first kappa shape index (κ1) is 14.5. The molecule has 0 N–H and O–H groups in total. The predicted molar refractivity (Wildman–Crippen MR) is 87.2 cm³/mol. The summed E-state index contributed by atoms with van der Waals surface area (Å²) in [4.78, 5) is 12.4. The van der Waals surface area contributed by atoms with Gasteiger partial charge in [0.1, 0.15) is 5.78 Å². The number of carbonyl (C=O) groups is 1. The van der Waals surface area contributed by atoms with Gasteiger partial charge in [0.15, 0.2) is 0 Å². The minimum Gasteiger partial charge on any atom is -0.498 e. The summed E-state index contributed by atoms with van der Waals surface area (Å²) in [6, 6.07) is 0. The number of ether oxygens (including phenoxy) is 1. The zero-order valence-corrected chi connectivity index (χ0v) is 13.9. The number of carbonyl (C=O) groups excluding carboxylic acids is 1.